The number of hydrogen-bond acceptors (Lipinski definition) is 2. The Morgan fingerprint density at radius 1 is 1.37 bits per heavy atom. The van der Waals surface area contributed by atoms with E-state index in [1.165, 1.54) is 5.56 Å². The van der Waals surface area contributed by atoms with Crippen molar-refractivity contribution < 1.29 is 13.9 Å². The summed E-state index contributed by atoms with van der Waals surface area (Å²) in [7, 11) is 1.64. The summed E-state index contributed by atoms with van der Waals surface area (Å²) in [6.45, 7) is 6.49. The topological polar surface area (TPSA) is 18.5 Å². The van der Waals surface area contributed by atoms with Crippen LogP contribution in [0.3, 0.4) is 0 Å². The molecule has 0 N–H and O–H groups in total. The Morgan fingerprint density at radius 2 is 2.05 bits per heavy atom. The van der Waals surface area contributed by atoms with Crippen molar-refractivity contribution in [1.29, 1.82) is 0 Å². The second-order valence-electron chi connectivity index (χ2n) is 5.88. The quantitative estimate of drug-likeness (QED) is 0.762. The van der Waals surface area contributed by atoms with Crippen LogP contribution in [0.4, 0.5) is 4.39 Å². The Morgan fingerprint density at radius 3 is 2.58 bits per heavy atom. The Hall–Kier alpha value is -1.25. The average Bonchev–Trinajstić information content (AvgIpc) is 2.97. The third kappa shape index (κ3) is 3.40. The first kappa shape index (κ1) is 14.2. The van der Waals surface area contributed by atoms with Gasteiger partial charge in [-0.1, -0.05) is 19.9 Å². The Labute approximate surface area is 114 Å². The highest BCUT2D eigenvalue weighted by Gasteiger charge is 2.50. The normalized spacial score (nSPS) is 25.5. The molecule has 3 heteroatoms. The largest absolute Gasteiger partial charge is 0.493 e. The molecule has 0 spiro atoms. The number of benzene rings is 1. The van der Waals surface area contributed by atoms with E-state index < -0.39 is 5.67 Å². The zero-order valence-electron chi connectivity index (χ0n) is 12.2. The lowest BCUT2D eigenvalue weighted by Gasteiger charge is -2.13. The molecule has 0 bridgehead atoms. The molecule has 2 unspecified atom stereocenters. The molecule has 1 aromatic rings. The number of alkyl halides is 1. The van der Waals surface area contributed by atoms with Crippen LogP contribution in [0.15, 0.2) is 18.2 Å². The molecule has 0 saturated heterocycles. The highest BCUT2D eigenvalue weighted by Crippen LogP contribution is 2.48. The molecule has 1 aliphatic carbocycles. The second kappa shape index (κ2) is 5.40. The van der Waals surface area contributed by atoms with Gasteiger partial charge in [0.1, 0.15) is 5.67 Å². The molecular formula is C16H23FO2. The third-order valence-electron chi connectivity index (χ3n) is 3.91. The van der Waals surface area contributed by atoms with Crippen LogP contribution in [0.2, 0.25) is 0 Å². The van der Waals surface area contributed by atoms with E-state index in [9.17, 15) is 4.39 Å². The number of ether oxygens (including phenoxy) is 2. The van der Waals surface area contributed by atoms with Crippen molar-refractivity contribution in [2.24, 2.45) is 5.92 Å². The van der Waals surface area contributed by atoms with Crippen molar-refractivity contribution in [3.05, 3.63) is 23.8 Å². The van der Waals surface area contributed by atoms with Crippen molar-refractivity contribution in [2.75, 3.05) is 13.7 Å². The van der Waals surface area contributed by atoms with Crippen molar-refractivity contribution in [2.45, 2.75) is 45.2 Å². The predicted octanol–water partition coefficient (Wildman–Crippen LogP) is 4.34. The SMILES string of the molecule is COc1cc(C(C)C)ccc1OCCC1CC1(C)F. The standard InChI is InChI=1S/C16H23FO2/c1-11(2)12-5-6-14(15(9-12)18-4)19-8-7-13-10-16(13,3)17/h5-6,9,11,13H,7-8,10H2,1-4H3. The molecule has 0 radical (unpaired) electrons. The van der Waals surface area contributed by atoms with E-state index in [1.54, 1.807) is 14.0 Å². The van der Waals surface area contributed by atoms with Crippen LogP contribution in [-0.4, -0.2) is 19.4 Å². The molecule has 0 aromatic heterocycles. The summed E-state index contributed by atoms with van der Waals surface area (Å²) >= 11 is 0. The van der Waals surface area contributed by atoms with E-state index in [0.717, 1.165) is 17.9 Å². The highest BCUT2D eigenvalue weighted by atomic mass is 19.1. The Balaban J connectivity index is 1.92. The maximum atomic E-state index is 13.4. The Kier molecular flexibility index (Phi) is 4.02. The fraction of sp³-hybridized carbons (Fsp3) is 0.625. The molecular weight excluding hydrogens is 243 g/mol. The predicted molar refractivity (Wildman–Crippen MR) is 74.8 cm³/mol. The summed E-state index contributed by atoms with van der Waals surface area (Å²) in [5.74, 6) is 2.12. The monoisotopic (exact) mass is 266 g/mol. The summed E-state index contributed by atoms with van der Waals surface area (Å²) in [5, 5.41) is 0. The molecule has 106 valence electrons. The molecule has 0 heterocycles. The van der Waals surface area contributed by atoms with Gasteiger partial charge in [0, 0.05) is 0 Å². The highest BCUT2D eigenvalue weighted by molar-refractivity contribution is 5.43. The number of halogens is 1. The molecule has 1 aromatic carbocycles. The summed E-state index contributed by atoms with van der Waals surface area (Å²) in [6.07, 6.45) is 1.43. The van der Waals surface area contributed by atoms with E-state index in [4.69, 9.17) is 9.47 Å². The molecule has 0 aliphatic heterocycles. The van der Waals surface area contributed by atoms with Crippen molar-refractivity contribution >= 4 is 0 Å². The average molecular weight is 266 g/mol. The zero-order valence-corrected chi connectivity index (χ0v) is 12.2. The minimum absolute atomic E-state index is 0.161. The van der Waals surface area contributed by atoms with Crippen molar-refractivity contribution in [1.82, 2.24) is 0 Å². The van der Waals surface area contributed by atoms with Crippen molar-refractivity contribution in [3.63, 3.8) is 0 Å². The van der Waals surface area contributed by atoms with E-state index in [2.05, 4.69) is 19.9 Å². The zero-order chi connectivity index (χ0) is 14.0. The molecule has 19 heavy (non-hydrogen) atoms. The maximum absolute atomic E-state index is 13.4. The minimum Gasteiger partial charge on any atom is -0.493 e. The van der Waals surface area contributed by atoms with Gasteiger partial charge in [0.25, 0.3) is 0 Å². The minimum atomic E-state index is -0.963. The van der Waals surface area contributed by atoms with E-state index in [-0.39, 0.29) is 5.92 Å². The van der Waals surface area contributed by atoms with Crippen LogP contribution >= 0.6 is 0 Å². The number of hydrogen-bond donors (Lipinski definition) is 0. The summed E-state index contributed by atoms with van der Waals surface area (Å²) in [4.78, 5) is 0. The van der Waals surface area contributed by atoms with Gasteiger partial charge in [-0.05, 0) is 49.3 Å². The maximum Gasteiger partial charge on any atom is 0.161 e. The van der Waals surface area contributed by atoms with E-state index in [0.29, 0.717) is 18.9 Å². The third-order valence-corrected chi connectivity index (χ3v) is 3.91. The van der Waals surface area contributed by atoms with Crippen LogP contribution in [0.5, 0.6) is 11.5 Å². The molecule has 1 saturated carbocycles. The van der Waals surface area contributed by atoms with Gasteiger partial charge in [-0.3, -0.25) is 0 Å². The van der Waals surface area contributed by atoms with E-state index in [1.807, 2.05) is 12.1 Å². The van der Waals surface area contributed by atoms with Crippen LogP contribution in [0.25, 0.3) is 0 Å². The Bertz CT molecular complexity index is 440. The lowest BCUT2D eigenvalue weighted by Crippen LogP contribution is -2.04. The van der Waals surface area contributed by atoms with Gasteiger partial charge in [0.2, 0.25) is 0 Å². The molecule has 2 atom stereocenters. The van der Waals surface area contributed by atoms with Gasteiger partial charge in [0.05, 0.1) is 13.7 Å². The first-order valence-electron chi connectivity index (χ1n) is 6.93. The fourth-order valence-corrected chi connectivity index (χ4v) is 2.30. The van der Waals surface area contributed by atoms with Gasteiger partial charge < -0.3 is 9.47 Å². The fourth-order valence-electron chi connectivity index (χ4n) is 2.30. The van der Waals surface area contributed by atoms with Gasteiger partial charge in [-0.25, -0.2) is 4.39 Å². The van der Waals surface area contributed by atoms with Crippen LogP contribution < -0.4 is 9.47 Å². The molecule has 1 fully saturated rings. The molecule has 0 amide bonds. The lowest BCUT2D eigenvalue weighted by atomic mass is 10.0. The van der Waals surface area contributed by atoms with E-state index >= 15 is 0 Å². The van der Waals surface area contributed by atoms with Gasteiger partial charge >= 0.3 is 0 Å². The summed E-state index contributed by atoms with van der Waals surface area (Å²) < 4.78 is 24.5. The smallest absolute Gasteiger partial charge is 0.161 e. The molecule has 2 rings (SSSR count). The van der Waals surface area contributed by atoms with Crippen LogP contribution in [0, 0.1) is 5.92 Å². The second-order valence-corrected chi connectivity index (χ2v) is 5.88. The number of rotatable bonds is 6. The molecule has 2 nitrogen and oxygen atoms in total. The lowest BCUT2D eigenvalue weighted by molar-refractivity contribution is 0.253. The summed E-state index contributed by atoms with van der Waals surface area (Å²) in [5.41, 5.74) is 0.261. The first-order valence-corrected chi connectivity index (χ1v) is 6.93. The number of methoxy groups -OCH3 is 1. The van der Waals surface area contributed by atoms with Crippen molar-refractivity contribution in [3.8, 4) is 11.5 Å². The van der Waals surface area contributed by atoms with Gasteiger partial charge in [-0.15, -0.1) is 0 Å². The molecule has 1 aliphatic rings. The summed E-state index contributed by atoms with van der Waals surface area (Å²) in [6, 6.07) is 6.00. The van der Waals surface area contributed by atoms with Crippen LogP contribution in [0.1, 0.15) is 45.1 Å². The van der Waals surface area contributed by atoms with Gasteiger partial charge in [-0.2, -0.15) is 0 Å². The first-order chi connectivity index (χ1) is 8.94. The van der Waals surface area contributed by atoms with Crippen LogP contribution in [-0.2, 0) is 0 Å². The van der Waals surface area contributed by atoms with Gasteiger partial charge in [0.15, 0.2) is 11.5 Å².